The number of nitrogens with one attached hydrogen (secondary N) is 1. The molecule has 0 saturated heterocycles. The van der Waals surface area contributed by atoms with Crippen LogP contribution in [0.2, 0.25) is 0 Å². The summed E-state index contributed by atoms with van der Waals surface area (Å²) in [6.07, 6.45) is 3.67. The predicted octanol–water partition coefficient (Wildman–Crippen LogP) is 2.72. The first-order valence-electron chi connectivity index (χ1n) is 6.72. The van der Waals surface area contributed by atoms with E-state index in [1.54, 1.807) is 13.2 Å². The number of hydrogen-bond donors (Lipinski definition) is 2. The average Bonchev–Trinajstić information content (AvgIpc) is 2.89. The third kappa shape index (κ3) is 2.96. The number of amides is 1. The minimum atomic E-state index is -0.548. The lowest BCUT2D eigenvalue weighted by molar-refractivity contribution is 0.0902. The molecular weight excluding hydrogens is 292 g/mol. The van der Waals surface area contributed by atoms with E-state index in [0.717, 1.165) is 25.7 Å². The second-order valence-electron chi connectivity index (χ2n) is 5.40. The van der Waals surface area contributed by atoms with Gasteiger partial charge in [-0.2, -0.15) is 0 Å². The van der Waals surface area contributed by atoms with Gasteiger partial charge in [-0.05, 0) is 43.0 Å². The van der Waals surface area contributed by atoms with Crippen molar-refractivity contribution in [3.63, 3.8) is 0 Å². The van der Waals surface area contributed by atoms with Gasteiger partial charge in [0.1, 0.15) is 10.6 Å². The number of thiophene rings is 1. The summed E-state index contributed by atoms with van der Waals surface area (Å²) in [5.41, 5.74) is 5.36. The Balaban J connectivity index is 2.17. The molecule has 1 heterocycles. The molecule has 0 unspecified atom stereocenters. The molecule has 0 radical (unpaired) electrons. The summed E-state index contributed by atoms with van der Waals surface area (Å²) in [5.74, 6) is 1.10. The van der Waals surface area contributed by atoms with Gasteiger partial charge in [0, 0.05) is 0 Å². The van der Waals surface area contributed by atoms with Crippen LogP contribution in [0.15, 0.2) is 11.4 Å². The van der Waals surface area contributed by atoms with Crippen LogP contribution in [0.25, 0.3) is 0 Å². The van der Waals surface area contributed by atoms with Gasteiger partial charge in [0.05, 0.1) is 17.6 Å². The molecule has 1 aliphatic carbocycles. The smallest absolute Gasteiger partial charge is 0.265 e. The van der Waals surface area contributed by atoms with Gasteiger partial charge in [0.2, 0.25) is 0 Å². The second kappa shape index (κ2) is 6.10. The summed E-state index contributed by atoms with van der Waals surface area (Å²) in [6, 6.07) is 1.79. The first kappa shape index (κ1) is 15.3. The van der Waals surface area contributed by atoms with E-state index in [-0.39, 0.29) is 5.91 Å². The van der Waals surface area contributed by atoms with Gasteiger partial charge in [-0.15, -0.1) is 11.3 Å². The van der Waals surface area contributed by atoms with E-state index in [1.165, 1.54) is 11.3 Å². The Morgan fingerprint density at radius 3 is 2.75 bits per heavy atom. The third-order valence-electron chi connectivity index (χ3n) is 4.01. The third-order valence-corrected chi connectivity index (χ3v) is 5.29. The number of carbonyl (C=O) groups is 1. The molecule has 0 aromatic carbocycles. The second-order valence-corrected chi connectivity index (χ2v) is 6.76. The van der Waals surface area contributed by atoms with Gasteiger partial charge in [-0.3, -0.25) is 4.79 Å². The summed E-state index contributed by atoms with van der Waals surface area (Å²) in [5, 5.41) is 4.89. The molecule has 1 amide bonds. The van der Waals surface area contributed by atoms with Crippen molar-refractivity contribution in [1.82, 2.24) is 5.32 Å². The number of thiocarbonyl (C=S) groups is 1. The van der Waals surface area contributed by atoms with Crippen LogP contribution in [0.5, 0.6) is 5.75 Å². The Kier molecular flexibility index (Phi) is 4.65. The number of carbonyl (C=O) groups excluding carboxylic acids is 1. The highest BCUT2D eigenvalue weighted by Crippen LogP contribution is 2.33. The monoisotopic (exact) mass is 312 g/mol. The van der Waals surface area contributed by atoms with Crippen LogP contribution in [0.1, 0.15) is 42.3 Å². The highest BCUT2D eigenvalue weighted by molar-refractivity contribution is 7.80. The van der Waals surface area contributed by atoms with Crippen molar-refractivity contribution in [3.05, 3.63) is 16.3 Å². The van der Waals surface area contributed by atoms with Crippen molar-refractivity contribution >= 4 is 34.5 Å². The molecule has 110 valence electrons. The molecule has 1 aliphatic rings. The summed E-state index contributed by atoms with van der Waals surface area (Å²) in [4.78, 5) is 13.4. The zero-order valence-electron chi connectivity index (χ0n) is 11.8. The fourth-order valence-electron chi connectivity index (χ4n) is 2.59. The number of rotatable bonds is 4. The largest absolute Gasteiger partial charge is 0.495 e. The van der Waals surface area contributed by atoms with E-state index in [2.05, 4.69) is 12.2 Å². The summed E-state index contributed by atoms with van der Waals surface area (Å²) < 4.78 is 5.19. The Hall–Kier alpha value is -1.14. The van der Waals surface area contributed by atoms with E-state index in [1.807, 2.05) is 5.38 Å². The van der Waals surface area contributed by atoms with Crippen molar-refractivity contribution in [2.75, 3.05) is 7.11 Å². The Labute approximate surface area is 128 Å². The maximum atomic E-state index is 12.4. The molecule has 4 nitrogen and oxygen atoms in total. The molecule has 0 spiro atoms. The highest BCUT2D eigenvalue weighted by Gasteiger charge is 2.39. The molecule has 2 rings (SSSR count). The molecule has 1 aromatic rings. The minimum Gasteiger partial charge on any atom is -0.495 e. The van der Waals surface area contributed by atoms with Gasteiger partial charge < -0.3 is 15.8 Å². The van der Waals surface area contributed by atoms with Crippen LogP contribution in [0.3, 0.4) is 0 Å². The van der Waals surface area contributed by atoms with Crippen LogP contribution < -0.4 is 15.8 Å². The molecule has 1 aromatic heterocycles. The average molecular weight is 312 g/mol. The van der Waals surface area contributed by atoms with Gasteiger partial charge >= 0.3 is 0 Å². The quantitative estimate of drug-likeness (QED) is 0.839. The number of ether oxygens (including phenoxy) is 1. The molecule has 6 heteroatoms. The van der Waals surface area contributed by atoms with Gasteiger partial charge in [0.25, 0.3) is 5.91 Å². The maximum absolute atomic E-state index is 12.4. The molecule has 1 saturated carbocycles. The Morgan fingerprint density at radius 2 is 2.20 bits per heavy atom. The number of methoxy groups -OCH3 is 1. The molecule has 1 fully saturated rings. The molecule has 0 atom stereocenters. The van der Waals surface area contributed by atoms with Crippen molar-refractivity contribution in [2.24, 2.45) is 11.7 Å². The van der Waals surface area contributed by atoms with Crippen LogP contribution in [0, 0.1) is 5.92 Å². The summed E-state index contributed by atoms with van der Waals surface area (Å²) in [7, 11) is 1.56. The first-order chi connectivity index (χ1) is 9.48. The Bertz CT molecular complexity index is 505. The zero-order chi connectivity index (χ0) is 14.8. The van der Waals surface area contributed by atoms with E-state index in [4.69, 9.17) is 22.7 Å². The van der Waals surface area contributed by atoms with Crippen LogP contribution in [-0.4, -0.2) is 23.5 Å². The summed E-state index contributed by atoms with van der Waals surface area (Å²) in [6.45, 7) is 2.22. The fraction of sp³-hybridized carbons (Fsp3) is 0.571. The zero-order valence-corrected chi connectivity index (χ0v) is 13.4. The topological polar surface area (TPSA) is 64.3 Å². The number of nitrogens with two attached hydrogens (primary N) is 1. The summed E-state index contributed by atoms with van der Waals surface area (Å²) >= 11 is 6.57. The van der Waals surface area contributed by atoms with Crippen molar-refractivity contribution in [1.29, 1.82) is 0 Å². The molecule has 3 N–H and O–H groups in total. The normalized spacial score (nSPS) is 26.0. The molecule has 0 aliphatic heterocycles. The van der Waals surface area contributed by atoms with Gasteiger partial charge in [0.15, 0.2) is 0 Å². The van der Waals surface area contributed by atoms with E-state index in [9.17, 15) is 4.79 Å². The molecular formula is C14H20N2O2S2. The fourth-order valence-corrected chi connectivity index (χ4v) is 3.59. The lowest BCUT2D eigenvalue weighted by Gasteiger charge is -2.39. The van der Waals surface area contributed by atoms with Gasteiger partial charge in [-0.25, -0.2) is 0 Å². The minimum absolute atomic E-state index is 0.154. The lowest BCUT2D eigenvalue weighted by Crippen LogP contribution is -2.58. The van der Waals surface area contributed by atoms with Crippen molar-refractivity contribution < 1.29 is 9.53 Å². The lowest BCUT2D eigenvalue weighted by atomic mass is 9.77. The van der Waals surface area contributed by atoms with E-state index in [0.29, 0.717) is 21.5 Å². The van der Waals surface area contributed by atoms with Crippen LogP contribution in [-0.2, 0) is 0 Å². The predicted molar refractivity (Wildman–Crippen MR) is 85.5 cm³/mol. The Morgan fingerprint density at radius 1 is 1.55 bits per heavy atom. The number of hydrogen-bond acceptors (Lipinski definition) is 4. The molecule has 0 bridgehead atoms. The first-order valence-corrected chi connectivity index (χ1v) is 8.01. The standard InChI is InChI=1S/C14H20N2O2S2/c1-9-3-6-14(7-4-9,13(15)19)16-12(17)11-10(18-2)5-8-20-11/h5,8-9H,3-4,6-7H2,1-2H3,(H2,15,19)(H,16,17). The SMILES string of the molecule is COc1ccsc1C(=O)NC1(C(N)=S)CCC(C)CC1. The van der Waals surface area contributed by atoms with E-state index < -0.39 is 5.54 Å². The molecule has 20 heavy (non-hydrogen) atoms. The van der Waals surface area contributed by atoms with Crippen LogP contribution >= 0.6 is 23.6 Å². The van der Waals surface area contributed by atoms with Gasteiger partial charge in [-0.1, -0.05) is 19.1 Å². The van der Waals surface area contributed by atoms with Crippen molar-refractivity contribution in [2.45, 2.75) is 38.1 Å². The maximum Gasteiger partial charge on any atom is 0.265 e. The van der Waals surface area contributed by atoms with E-state index >= 15 is 0 Å². The van der Waals surface area contributed by atoms with Crippen molar-refractivity contribution in [3.8, 4) is 5.75 Å². The highest BCUT2D eigenvalue weighted by atomic mass is 32.1. The van der Waals surface area contributed by atoms with Crippen LogP contribution in [0.4, 0.5) is 0 Å².